The molecule has 4 aliphatic rings. The zero-order chi connectivity index (χ0) is 26.4. The van der Waals surface area contributed by atoms with Gasteiger partial charge in [-0.25, -0.2) is 4.79 Å². The van der Waals surface area contributed by atoms with Crippen molar-refractivity contribution in [1.82, 2.24) is 0 Å². The summed E-state index contributed by atoms with van der Waals surface area (Å²) in [6.45, 7) is 8.95. The Morgan fingerprint density at radius 1 is 1.03 bits per heavy atom. The Morgan fingerprint density at radius 2 is 1.86 bits per heavy atom. The first-order valence-electron chi connectivity index (χ1n) is 13.6. The van der Waals surface area contributed by atoms with E-state index < -0.39 is 36.5 Å². The minimum Gasteiger partial charge on any atom is -0.456 e. The van der Waals surface area contributed by atoms with Crippen molar-refractivity contribution in [2.45, 2.75) is 108 Å². The van der Waals surface area contributed by atoms with Crippen LogP contribution in [0.1, 0.15) is 58.8 Å². The van der Waals surface area contributed by atoms with E-state index in [9.17, 15) is 15.0 Å². The predicted octanol–water partition coefficient (Wildman–Crippen LogP) is 4.11. The van der Waals surface area contributed by atoms with Gasteiger partial charge >= 0.3 is 5.97 Å². The van der Waals surface area contributed by atoms with Crippen LogP contribution in [0.25, 0.3) is 0 Å². The Bertz CT molecular complexity index is 919. The molecule has 204 valence electrons. The van der Waals surface area contributed by atoms with E-state index in [-0.39, 0.29) is 31.2 Å². The highest BCUT2D eigenvalue weighted by Crippen LogP contribution is 2.31. The molecule has 2 N–H and O–H groups in total. The van der Waals surface area contributed by atoms with Crippen molar-refractivity contribution in [1.29, 1.82) is 0 Å². The first-order valence-corrected chi connectivity index (χ1v) is 13.6. The standard InChI is InChI=1S/C30H42O7/c1-19-12-13-34-23(15-19)10-11-26-27-18-28(36-26)30(33)25(31)17-21(3)14-20(2)16-24-8-4-6-22(35-24)7-5-9-29(32)37-27/h4-6,9-12,20,22-28,30-31,33H,3,7-8,13-18H2,1-2H3/b9-5-,11-10+/t20-,22-,23+,24-,25-,26?,27?,28?,30?/m0/s1. The third-order valence-corrected chi connectivity index (χ3v) is 7.53. The summed E-state index contributed by atoms with van der Waals surface area (Å²) in [5, 5.41) is 21.7. The SMILES string of the molecule is C=C1C[C@H](C)C[C@@H]2CC=C[C@@H](C/C=C\C(=O)OC3CC(OC3/C=C/[C@@H]3CC(C)=CCO3)C(O)[C@@H](O)C1)O2. The van der Waals surface area contributed by atoms with Crippen LogP contribution in [0.15, 0.2) is 60.3 Å². The lowest BCUT2D eigenvalue weighted by Gasteiger charge is -2.28. The summed E-state index contributed by atoms with van der Waals surface area (Å²) >= 11 is 0. The molecule has 4 heterocycles. The second-order valence-electron chi connectivity index (χ2n) is 11.0. The summed E-state index contributed by atoms with van der Waals surface area (Å²) in [4.78, 5) is 12.7. The van der Waals surface area contributed by atoms with Crippen molar-refractivity contribution in [2.75, 3.05) is 6.61 Å². The number of aliphatic hydroxyl groups is 2. The molecule has 4 unspecified atom stereocenters. The maximum atomic E-state index is 12.7. The number of ether oxygens (including phenoxy) is 4. The van der Waals surface area contributed by atoms with E-state index in [4.69, 9.17) is 18.9 Å². The fourth-order valence-electron chi connectivity index (χ4n) is 5.62. The molecule has 1 fully saturated rings. The Hall–Kier alpha value is -2.03. The molecule has 0 saturated carbocycles. The first kappa shape index (κ1) is 28.0. The fourth-order valence-corrected chi connectivity index (χ4v) is 5.62. The molecule has 0 aromatic heterocycles. The van der Waals surface area contributed by atoms with Crippen molar-refractivity contribution in [3.8, 4) is 0 Å². The fraction of sp³-hybridized carbons (Fsp3) is 0.633. The van der Waals surface area contributed by atoms with E-state index in [0.29, 0.717) is 18.9 Å². The van der Waals surface area contributed by atoms with Crippen LogP contribution in [0.3, 0.4) is 0 Å². The van der Waals surface area contributed by atoms with Gasteiger partial charge in [0.15, 0.2) is 0 Å². The molecular weight excluding hydrogens is 472 g/mol. The molecule has 4 bridgehead atoms. The minimum absolute atomic E-state index is 0.0723. The normalized spacial score (nSPS) is 41.1. The van der Waals surface area contributed by atoms with Gasteiger partial charge in [0, 0.05) is 12.5 Å². The number of carbonyl (C=O) groups is 1. The van der Waals surface area contributed by atoms with E-state index in [0.717, 1.165) is 31.3 Å². The maximum absolute atomic E-state index is 12.7. The third-order valence-electron chi connectivity index (χ3n) is 7.53. The van der Waals surface area contributed by atoms with Crippen LogP contribution in [0, 0.1) is 5.92 Å². The second kappa shape index (κ2) is 13.2. The molecule has 0 amide bonds. The molecule has 0 aromatic rings. The van der Waals surface area contributed by atoms with Gasteiger partial charge in [0.1, 0.15) is 18.3 Å². The molecular formula is C30H42O7. The van der Waals surface area contributed by atoms with E-state index in [2.05, 4.69) is 32.6 Å². The summed E-state index contributed by atoms with van der Waals surface area (Å²) in [6.07, 6.45) is 13.7. The number of fused-ring (bicyclic) bond motifs is 4. The summed E-state index contributed by atoms with van der Waals surface area (Å²) < 4.78 is 23.9. The Balaban J connectivity index is 1.49. The number of rotatable bonds is 2. The molecule has 0 radical (unpaired) electrons. The number of hydrogen-bond donors (Lipinski definition) is 2. The molecule has 9 atom stereocenters. The second-order valence-corrected chi connectivity index (χ2v) is 11.0. The number of aliphatic hydroxyl groups excluding tert-OH is 2. The third kappa shape index (κ3) is 8.23. The van der Waals surface area contributed by atoms with Crippen LogP contribution in [0.2, 0.25) is 0 Å². The quantitative estimate of drug-likeness (QED) is 0.423. The van der Waals surface area contributed by atoms with Gasteiger partial charge in [0.05, 0.1) is 37.1 Å². The number of esters is 1. The smallest absolute Gasteiger partial charge is 0.330 e. The monoisotopic (exact) mass is 514 g/mol. The summed E-state index contributed by atoms with van der Waals surface area (Å²) in [5.41, 5.74) is 2.15. The van der Waals surface area contributed by atoms with Gasteiger partial charge in [-0.05, 0) is 51.4 Å². The van der Waals surface area contributed by atoms with Gasteiger partial charge in [-0.15, -0.1) is 0 Å². The molecule has 0 spiro atoms. The van der Waals surface area contributed by atoms with E-state index in [1.165, 1.54) is 11.6 Å². The van der Waals surface area contributed by atoms with E-state index in [1.54, 1.807) is 6.08 Å². The van der Waals surface area contributed by atoms with Crippen molar-refractivity contribution in [2.24, 2.45) is 5.92 Å². The lowest BCUT2D eigenvalue weighted by Crippen LogP contribution is -2.37. The van der Waals surface area contributed by atoms with Gasteiger partial charge in [-0.2, -0.15) is 0 Å². The van der Waals surface area contributed by atoms with Crippen molar-refractivity contribution >= 4 is 5.97 Å². The lowest BCUT2D eigenvalue weighted by atomic mass is 9.90. The van der Waals surface area contributed by atoms with Crippen molar-refractivity contribution in [3.05, 3.63) is 60.3 Å². The highest BCUT2D eigenvalue weighted by atomic mass is 16.6. The zero-order valence-corrected chi connectivity index (χ0v) is 22.0. The Labute approximate surface area is 220 Å². The van der Waals surface area contributed by atoms with E-state index in [1.807, 2.05) is 18.2 Å². The molecule has 0 aromatic carbocycles. The van der Waals surface area contributed by atoms with Crippen LogP contribution in [-0.2, 0) is 23.7 Å². The van der Waals surface area contributed by atoms with Crippen LogP contribution in [-0.4, -0.2) is 71.6 Å². The number of carbonyl (C=O) groups excluding carboxylic acids is 1. The first-order chi connectivity index (χ1) is 17.8. The van der Waals surface area contributed by atoms with Crippen LogP contribution >= 0.6 is 0 Å². The van der Waals surface area contributed by atoms with Crippen LogP contribution in [0.5, 0.6) is 0 Å². The highest BCUT2D eigenvalue weighted by Gasteiger charge is 2.42. The van der Waals surface area contributed by atoms with Crippen LogP contribution in [0.4, 0.5) is 0 Å². The highest BCUT2D eigenvalue weighted by molar-refractivity contribution is 5.82. The largest absolute Gasteiger partial charge is 0.456 e. The van der Waals surface area contributed by atoms with Gasteiger partial charge in [0.25, 0.3) is 0 Å². The van der Waals surface area contributed by atoms with Crippen molar-refractivity contribution in [3.63, 3.8) is 0 Å². The van der Waals surface area contributed by atoms with Gasteiger partial charge in [-0.3, -0.25) is 0 Å². The molecule has 4 rings (SSSR count). The minimum atomic E-state index is -1.12. The van der Waals surface area contributed by atoms with E-state index >= 15 is 0 Å². The van der Waals surface area contributed by atoms with Gasteiger partial charge < -0.3 is 29.2 Å². The maximum Gasteiger partial charge on any atom is 0.330 e. The molecule has 1 saturated heterocycles. The predicted molar refractivity (Wildman–Crippen MR) is 141 cm³/mol. The van der Waals surface area contributed by atoms with Crippen molar-refractivity contribution < 1.29 is 34.0 Å². The summed E-state index contributed by atoms with van der Waals surface area (Å²) in [7, 11) is 0. The Morgan fingerprint density at radius 3 is 2.68 bits per heavy atom. The average Bonchev–Trinajstić information content (AvgIpc) is 3.24. The lowest BCUT2D eigenvalue weighted by molar-refractivity contribution is -0.144. The molecule has 37 heavy (non-hydrogen) atoms. The summed E-state index contributed by atoms with van der Waals surface area (Å²) in [5.74, 6) is -0.129. The zero-order valence-electron chi connectivity index (χ0n) is 22.0. The molecule has 0 aliphatic carbocycles. The molecule has 7 heteroatoms. The molecule has 7 nitrogen and oxygen atoms in total. The Kier molecular flexibility index (Phi) is 9.96. The number of hydrogen-bond acceptors (Lipinski definition) is 7. The average molecular weight is 515 g/mol. The van der Waals surface area contributed by atoms with Gasteiger partial charge in [0.2, 0.25) is 0 Å². The van der Waals surface area contributed by atoms with Crippen LogP contribution < -0.4 is 0 Å². The van der Waals surface area contributed by atoms with Gasteiger partial charge in [-0.1, -0.05) is 61.1 Å². The topological polar surface area (TPSA) is 94.5 Å². The molecule has 4 aliphatic heterocycles. The summed E-state index contributed by atoms with van der Waals surface area (Å²) in [6, 6.07) is 0.